The van der Waals surface area contributed by atoms with E-state index in [1.165, 1.54) is 5.56 Å². The second kappa shape index (κ2) is 11.0. The molecule has 0 aliphatic carbocycles. The molecule has 1 N–H and O–H groups in total. The second-order valence-corrected chi connectivity index (χ2v) is 8.33. The van der Waals surface area contributed by atoms with Crippen LogP contribution in [0.5, 0.6) is 0 Å². The third-order valence-corrected chi connectivity index (χ3v) is 6.10. The smallest absolute Gasteiger partial charge is 0.321 e. The summed E-state index contributed by atoms with van der Waals surface area (Å²) >= 11 is 6.07. The number of nitrogens with zero attached hydrogens (tertiary/aromatic N) is 3. The first kappa shape index (κ1) is 22.9. The topological polar surface area (TPSA) is 38.8 Å². The highest BCUT2D eigenvalue weighted by Crippen LogP contribution is 2.23. The summed E-state index contributed by atoms with van der Waals surface area (Å²) in [4.78, 5) is 19.0. The van der Waals surface area contributed by atoms with Crippen LogP contribution in [0.1, 0.15) is 18.4 Å². The van der Waals surface area contributed by atoms with Crippen molar-refractivity contribution in [1.82, 2.24) is 15.1 Å². The first-order valence-corrected chi connectivity index (χ1v) is 10.9. The summed E-state index contributed by atoms with van der Waals surface area (Å²) in [6.07, 6.45) is 2.32. The Kier molecular flexibility index (Phi) is 8.40. The Balaban J connectivity index is 0.00000256. The van der Waals surface area contributed by atoms with Gasteiger partial charge in [0, 0.05) is 49.5 Å². The van der Waals surface area contributed by atoms with Gasteiger partial charge in [0.05, 0.1) is 0 Å². The van der Waals surface area contributed by atoms with Gasteiger partial charge in [0.25, 0.3) is 0 Å². The van der Waals surface area contributed by atoms with E-state index < -0.39 is 0 Å². The summed E-state index contributed by atoms with van der Waals surface area (Å²) in [6.45, 7) is 6.36. The Morgan fingerprint density at radius 3 is 2.47 bits per heavy atom. The van der Waals surface area contributed by atoms with E-state index >= 15 is 0 Å². The number of benzene rings is 2. The minimum atomic E-state index is 0. The molecular formula is C23H30Cl2N4O. The molecule has 2 aliphatic rings. The number of rotatable bonds is 7. The Hall–Kier alpha value is -1.79. The average Bonchev–Trinajstić information content (AvgIpc) is 3.11. The fourth-order valence-electron chi connectivity index (χ4n) is 4.21. The lowest BCUT2D eigenvalue weighted by atomic mass is 10.0. The summed E-state index contributed by atoms with van der Waals surface area (Å²) in [7, 11) is 0. The normalized spacial score (nSPS) is 18.0. The molecule has 2 aromatic carbocycles. The molecular weight excluding hydrogens is 419 g/mol. The summed E-state index contributed by atoms with van der Waals surface area (Å²) in [5, 5.41) is 4.32. The predicted molar refractivity (Wildman–Crippen MR) is 126 cm³/mol. The van der Waals surface area contributed by atoms with Gasteiger partial charge in [-0.3, -0.25) is 9.80 Å². The van der Waals surface area contributed by atoms with Crippen molar-refractivity contribution in [2.24, 2.45) is 0 Å². The van der Waals surface area contributed by atoms with Gasteiger partial charge in [-0.15, -0.1) is 12.4 Å². The van der Waals surface area contributed by atoms with Crippen molar-refractivity contribution in [3.8, 4) is 0 Å². The lowest BCUT2D eigenvalue weighted by Crippen LogP contribution is -2.45. The van der Waals surface area contributed by atoms with Crippen molar-refractivity contribution in [1.29, 1.82) is 0 Å². The number of hydrogen-bond acceptors (Lipinski definition) is 3. The van der Waals surface area contributed by atoms with Crippen LogP contribution in [0.15, 0.2) is 54.6 Å². The van der Waals surface area contributed by atoms with Gasteiger partial charge in [0.1, 0.15) is 0 Å². The van der Waals surface area contributed by atoms with Gasteiger partial charge in [-0.25, -0.2) is 4.79 Å². The van der Waals surface area contributed by atoms with E-state index in [0.29, 0.717) is 11.1 Å². The van der Waals surface area contributed by atoms with Crippen LogP contribution in [0.2, 0.25) is 5.02 Å². The maximum absolute atomic E-state index is 12.7. The largest absolute Gasteiger partial charge is 0.324 e. The fraction of sp³-hybridized carbons (Fsp3) is 0.435. The molecule has 4 rings (SSSR count). The minimum absolute atomic E-state index is 0. The Labute approximate surface area is 190 Å². The van der Waals surface area contributed by atoms with Crippen LogP contribution < -0.4 is 10.2 Å². The van der Waals surface area contributed by atoms with Crippen molar-refractivity contribution in [2.45, 2.75) is 25.4 Å². The summed E-state index contributed by atoms with van der Waals surface area (Å²) in [6, 6.07) is 18.8. The van der Waals surface area contributed by atoms with Crippen molar-refractivity contribution in [3.05, 3.63) is 65.2 Å². The molecule has 0 spiro atoms. The molecule has 0 bridgehead atoms. The van der Waals surface area contributed by atoms with E-state index in [9.17, 15) is 4.79 Å². The zero-order valence-corrected chi connectivity index (χ0v) is 18.7. The molecule has 2 amide bonds. The molecule has 0 saturated carbocycles. The SMILES string of the molecule is Cl.O=C1N(CCNC2CCN(Cc3ccccc3)CC2)CCN1c1cccc(Cl)c1. The van der Waals surface area contributed by atoms with E-state index in [0.717, 1.165) is 64.3 Å². The molecule has 2 fully saturated rings. The molecule has 2 heterocycles. The molecule has 5 nitrogen and oxygen atoms in total. The summed E-state index contributed by atoms with van der Waals surface area (Å²) in [5.41, 5.74) is 2.26. The van der Waals surface area contributed by atoms with Crippen LogP contribution in [0.4, 0.5) is 10.5 Å². The number of amides is 2. The van der Waals surface area contributed by atoms with Gasteiger partial charge in [-0.2, -0.15) is 0 Å². The van der Waals surface area contributed by atoms with Crippen molar-refractivity contribution >= 4 is 35.7 Å². The number of hydrogen-bond donors (Lipinski definition) is 1. The van der Waals surface area contributed by atoms with E-state index in [1.54, 1.807) is 0 Å². The number of carbonyl (C=O) groups excluding carboxylic acids is 1. The van der Waals surface area contributed by atoms with E-state index in [-0.39, 0.29) is 18.4 Å². The number of halogens is 2. The second-order valence-electron chi connectivity index (χ2n) is 7.89. The van der Waals surface area contributed by atoms with Crippen molar-refractivity contribution in [2.75, 3.05) is 44.2 Å². The van der Waals surface area contributed by atoms with Crippen LogP contribution in [0.25, 0.3) is 0 Å². The standard InChI is InChI=1S/C23H29ClN4O.ClH/c24-20-7-4-8-22(17-20)28-16-15-27(23(28)29)14-11-25-21-9-12-26(13-10-21)18-19-5-2-1-3-6-19;/h1-8,17,21,25H,9-16,18H2;1H. The molecule has 162 valence electrons. The average molecular weight is 449 g/mol. The molecule has 0 radical (unpaired) electrons. The molecule has 2 aromatic rings. The predicted octanol–water partition coefficient (Wildman–Crippen LogP) is 4.26. The Morgan fingerprint density at radius 2 is 1.73 bits per heavy atom. The first-order chi connectivity index (χ1) is 14.2. The third kappa shape index (κ3) is 5.88. The van der Waals surface area contributed by atoms with Gasteiger partial charge in [-0.05, 0) is 49.7 Å². The van der Waals surface area contributed by atoms with Crippen LogP contribution in [-0.2, 0) is 6.54 Å². The van der Waals surface area contributed by atoms with Gasteiger partial charge in [-0.1, -0.05) is 48.0 Å². The highest BCUT2D eigenvalue weighted by molar-refractivity contribution is 6.30. The number of urea groups is 1. The molecule has 7 heteroatoms. The molecule has 30 heavy (non-hydrogen) atoms. The minimum Gasteiger partial charge on any atom is -0.321 e. The summed E-state index contributed by atoms with van der Waals surface area (Å²) in [5.74, 6) is 0. The molecule has 0 unspecified atom stereocenters. The molecule has 0 atom stereocenters. The van der Waals surface area contributed by atoms with Gasteiger partial charge in [0.15, 0.2) is 0 Å². The molecule has 2 saturated heterocycles. The summed E-state index contributed by atoms with van der Waals surface area (Å²) < 4.78 is 0. The van der Waals surface area contributed by atoms with Crippen LogP contribution in [0.3, 0.4) is 0 Å². The monoisotopic (exact) mass is 448 g/mol. The lowest BCUT2D eigenvalue weighted by molar-refractivity contribution is 0.187. The van der Waals surface area contributed by atoms with Gasteiger partial charge in [0.2, 0.25) is 0 Å². The number of carbonyl (C=O) groups is 1. The zero-order chi connectivity index (χ0) is 20.1. The quantitative estimate of drug-likeness (QED) is 0.687. The lowest BCUT2D eigenvalue weighted by Gasteiger charge is -2.32. The maximum atomic E-state index is 12.7. The third-order valence-electron chi connectivity index (χ3n) is 5.87. The van der Waals surface area contributed by atoms with Gasteiger partial charge < -0.3 is 10.2 Å². The van der Waals surface area contributed by atoms with Crippen LogP contribution in [0, 0.1) is 0 Å². The molecule has 2 aliphatic heterocycles. The highest BCUT2D eigenvalue weighted by Gasteiger charge is 2.29. The van der Waals surface area contributed by atoms with Crippen LogP contribution in [-0.4, -0.2) is 61.1 Å². The Bertz CT molecular complexity index is 812. The number of likely N-dealkylation sites (tertiary alicyclic amines) is 1. The zero-order valence-electron chi connectivity index (χ0n) is 17.2. The first-order valence-electron chi connectivity index (χ1n) is 10.5. The number of nitrogens with one attached hydrogen (secondary N) is 1. The van der Waals surface area contributed by atoms with E-state index in [2.05, 4.69) is 40.5 Å². The van der Waals surface area contributed by atoms with Crippen molar-refractivity contribution in [3.63, 3.8) is 0 Å². The van der Waals surface area contributed by atoms with E-state index in [4.69, 9.17) is 11.6 Å². The highest BCUT2D eigenvalue weighted by atomic mass is 35.5. The molecule has 0 aromatic heterocycles. The fourth-order valence-corrected chi connectivity index (χ4v) is 4.40. The van der Waals surface area contributed by atoms with Gasteiger partial charge >= 0.3 is 6.03 Å². The van der Waals surface area contributed by atoms with Crippen LogP contribution >= 0.6 is 24.0 Å². The maximum Gasteiger partial charge on any atom is 0.324 e. The number of anilines is 1. The Morgan fingerprint density at radius 1 is 0.967 bits per heavy atom. The number of piperidine rings is 1. The van der Waals surface area contributed by atoms with Crippen molar-refractivity contribution < 1.29 is 4.79 Å². The van der Waals surface area contributed by atoms with E-state index in [1.807, 2.05) is 34.1 Å².